The normalized spacial score (nSPS) is 11.8. The van der Waals surface area contributed by atoms with Crippen molar-refractivity contribution in [2.75, 3.05) is 13.7 Å². The minimum Gasteiger partial charge on any atom is -0.464 e. The standard InChI is InChI=1S/C22H27FN2O4/c1-7-11-25(21(27)16-9-8-10-17(23)12-16)15(4)20(26)18-13(2)19(22(28)29-6)24(5)14(18)3/h8-10,12,15H,7,11H2,1-6H3. The molecule has 29 heavy (non-hydrogen) atoms. The van der Waals surface area contributed by atoms with Gasteiger partial charge in [0, 0.05) is 30.4 Å². The molecule has 0 aliphatic carbocycles. The Hall–Kier alpha value is -2.96. The molecule has 0 bridgehead atoms. The first-order valence-corrected chi connectivity index (χ1v) is 9.50. The van der Waals surface area contributed by atoms with Crippen molar-refractivity contribution in [2.45, 2.75) is 40.2 Å². The summed E-state index contributed by atoms with van der Waals surface area (Å²) in [6.45, 7) is 7.34. The van der Waals surface area contributed by atoms with Crippen molar-refractivity contribution in [2.24, 2.45) is 7.05 Å². The van der Waals surface area contributed by atoms with Gasteiger partial charge in [0.1, 0.15) is 11.5 Å². The lowest BCUT2D eigenvalue weighted by molar-refractivity contribution is 0.0588. The van der Waals surface area contributed by atoms with Gasteiger partial charge < -0.3 is 14.2 Å². The number of amides is 1. The van der Waals surface area contributed by atoms with E-state index in [1.165, 1.54) is 30.2 Å². The Bertz CT molecular complexity index is 949. The van der Waals surface area contributed by atoms with Gasteiger partial charge in [0.05, 0.1) is 13.2 Å². The summed E-state index contributed by atoms with van der Waals surface area (Å²) in [4.78, 5) is 39.9. The smallest absolute Gasteiger partial charge is 0.354 e. The van der Waals surface area contributed by atoms with E-state index < -0.39 is 23.7 Å². The van der Waals surface area contributed by atoms with E-state index in [2.05, 4.69) is 0 Å². The van der Waals surface area contributed by atoms with Crippen molar-refractivity contribution in [3.05, 3.63) is 58.2 Å². The molecule has 1 atom stereocenters. The van der Waals surface area contributed by atoms with Crippen molar-refractivity contribution in [1.29, 1.82) is 0 Å². The van der Waals surface area contributed by atoms with Crippen molar-refractivity contribution in [1.82, 2.24) is 9.47 Å². The maximum absolute atomic E-state index is 13.6. The van der Waals surface area contributed by atoms with Crippen LogP contribution in [0.1, 0.15) is 62.7 Å². The van der Waals surface area contributed by atoms with Gasteiger partial charge in [-0.05, 0) is 51.0 Å². The van der Waals surface area contributed by atoms with E-state index in [4.69, 9.17) is 4.74 Å². The lowest BCUT2D eigenvalue weighted by Crippen LogP contribution is -2.44. The highest BCUT2D eigenvalue weighted by atomic mass is 19.1. The molecule has 2 aromatic rings. The Kier molecular flexibility index (Phi) is 6.95. The predicted molar refractivity (Wildman–Crippen MR) is 108 cm³/mol. The van der Waals surface area contributed by atoms with Gasteiger partial charge in [-0.25, -0.2) is 9.18 Å². The van der Waals surface area contributed by atoms with Crippen LogP contribution in [0.5, 0.6) is 0 Å². The van der Waals surface area contributed by atoms with Gasteiger partial charge in [0.2, 0.25) is 0 Å². The number of rotatable bonds is 7. The van der Waals surface area contributed by atoms with Gasteiger partial charge >= 0.3 is 5.97 Å². The molecular formula is C22H27FN2O4. The van der Waals surface area contributed by atoms with E-state index in [0.29, 0.717) is 35.5 Å². The first-order chi connectivity index (χ1) is 13.6. The molecule has 0 aliphatic heterocycles. The fourth-order valence-corrected chi connectivity index (χ4v) is 3.58. The van der Waals surface area contributed by atoms with Crippen molar-refractivity contribution < 1.29 is 23.5 Å². The zero-order chi connectivity index (χ0) is 21.9. The monoisotopic (exact) mass is 402 g/mol. The van der Waals surface area contributed by atoms with Crippen LogP contribution >= 0.6 is 0 Å². The zero-order valence-corrected chi connectivity index (χ0v) is 17.7. The Morgan fingerprint density at radius 1 is 1.24 bits per heavy atom. The van der Waals surface area contributed by atoms with E-state index in [0.717, 1.165) is 6.07 Å². The fourth-order valence-electron chi connectivity index (χ4n) is 3.58. The molecule has 0 radical (unpaired) electrons. The molecule has 2 rings (SSSR count). The molecule has 1 aromatic carbocycles. The molecule has 6 nitrogen and oxygen atoms in total. The van der Waals surface area contributed by atoms with Crippen molar-refractivity contribution >= 4 is 17.7 Å². The Morgan fingerprint density at radius 2 is 1.90 bits per heavy atom. The molecule has 0 N–H and O–H groups in total. The topological polar surface area (TPSA) is 68.6 Å². The maximum Gasteiger partial charge on any atom is 0.354 e. The number of benzene rings is 1. The van der Waals surface area contributed by atoms with E-state index >= 15 is 0 Å². The number of hydrogen-bond acceptors (Lipinski definition) is 4. The summed E-state index contributed by atoms with van der Waals surface area (Å²) < 4.78 is 20.0. The SMILES string of the molecule is CCCN(C(=O)c1cccc(F)c1)C(C)C(=O)c1c(C)c(C(=O)OC)n(C)c1C. The van der Waals surface area contributed by atoms with E-state index in [-0.39, 0.29) is 11.3 Å². The molecular weight excluding hydrogens is 375 g/mol. The number of Topliss-reactive ketones (excluding diaryl/α,β-unsaturated/α-hetero) is 1. The highest BCUT2D eigenvalue weighted by Crippen LogP contribution is 2.25. The van der Waals surface area contributed by atoms with E-state index in [1.807, 2.05) is 6.92 Å². The highest BCUT2D eigenvalue weighted by molar-refractivity contribution is 6.07. The van der Waals surface area contributed by atoms with Crippen LogP contribution in [0.4, 0.5) is 4.39 Å². The van der Waals surface area contributed by atoms with Crippen molar-refractivity contribution in [3.63, 3.8) is 0 Å². The molecule has 0 saturated carbocycles. The largest absolute Gasteiger partial charge is 0.464 e. The van der Waals surface area contributed by atoms with Gasteiger partial charge in [-0.2, -0.15) is 0 Å². The van der Waals surface area contributed by atoms with Gasteiger partial charge in [-0.15, -0.1) is 0 Å². The number of carbonyl (C=O) groups is 3. The first kappa shape index (κ1) is 22.3. The van der Waals surface area contributed by atoms with E-state index in [9.17, 15) is 18.8 Å². The number of aromatic nitrogens is 1. The lowest BCUT2D eigenvalue weighted by Gasteiger charge is -2.28. The third kappa shape index (κ3) is 4.23. The van der Waals surface area contributed by atoms with Crippen LogP contribution in [0, 0.1) is 19.7 Å². The molecule has 1 aromatic heterocycles. The Balaban J connectivity index is 2.45. The Morgan fingerprint density at radius 3 is 2.45 bits per heavy atom. The minimum atomic E-state index is -0.781. The number of hydrogen-bond donors (Lipinski definition) is 0. The first-order valence-electron chi connectivity index (χ1n) is 9.50. The van der Waals surface area contributed by atoms with Crippen LogP contribution in [-0.4, -0.2) is 46.8 Å². The number of nitrogens with zero attached hydrogens (tertiary/aromatic N) is 2. The number of esters is 1. The molecule has 0 saturated heterocycles. The van der Waals surface area contributed by atoms with Crippen LogP contribution in [-0.2, 0) is 11.8 Å². The average Bonchev–Trinajstić information content (AvgIpc) is 2.92. The summed E-state index contributed by atoms with van der Waals surface area (Å²) >= 11 is 0. The van der Waals surface area contributed by atoms with Gasteiger partial charge in [0.25, 0.3) is 5.91 Å². The third-order valence-electron chi connectivity index (χ3n) is 5.20. The number of halogens is 1. The summed E-state index contributed by atoms with van der Waals surface area (Å²) in [5.41, 5.74) is 2.03. The molecule has 1 unspecified atom stereocenters. The Labute approximate surface area is 170 Å². The molecule has 0 spiro atoms. The fraction of sp³-hybridized carbons (Fsp3) is 0.409. The maximum atomic E-state index is 13.6. The second-order valence-corrected chi connectivity index (χ2v) is 7.03. The zero-order valence-electron chi connectivity index (χ0n) is 17.7. The molecule has 0 fully saturated rings. The lowest BCUT2D eigenvalue weighted by atomic mass is 9.99. The summed E-state index contributed by atoms with van der Waals surface area (Å²) in [6.07, 6.45) is 0.638. The van der Waals surface area contributed by atoms with Gasteiger partial charge in [-0.1, -0.05) is 13.0 Å². The van der Waals surface area contributed by atoms with Gasteiger partial charge in [0.15, 0.2) is 5.78 Å². The van der Waals surface area contributed by atoms with Gasteiger partial charge in [-0.3, -0.25) is 9.59 Å². The summed E-state index contributed by atoms with van der Waals surface area (Å²) in [5, 5.41) is 0. The molecule has 0 aliphatic rings. The number of methoxy groups -OCH3 is 1. The van der Waals surface area contributed by atoms with Crippen LogP contribution in [0.2, 0.25) is 0 Å². The number of carbonyl (C=O) groups excluding carboxylic acids is 3. The van der Waals surface area contributed by atoms with Crippen LogP contribution in [0.25, 0.3) is 0 Å². The van der Waals surface area contributed by atoms with Crippen LogP contribution in [0.15, 0.2) is 24.3 Å². The van der Waals surface area contributed by atoms with Crippen LogP contribution in [0.3, 0.4) is 0 Å². The molecule has 1 amide bonds. The second kappa shape index (κ2) is 9.03. The number of ether oxygens (including phenoxy) is 1. The number of ketones is 1. The summed E-state index contributed by atoms with van der Waals surface area (Å²) in [7, 11) is 2.98. The second-order valence-electron chi connectivity index (χ2n) is 7.03. The highest BCUT2D eigenvalue weighted by Gasteiger charge is 2.32. The predicted octanol–water partition coefficient (Wildman–Crippen LogP) is 3.69. The minimum absolute atomic E-state index is 0.190. The summed E-state index contributed by atoms with van der Waals surface area (Å²) in [6, 6.07) is 4.64. The van der Waals surface area contributed by atoms with E-state index in [1.54, 1.807) is 32.4 Å². The third-order valence-corrected chi connectivity index (χ3v) is 5.20. The average molecular weight is 402 g/mol. The quantitative estimate of drug-likeness (QED) is 0.523. The summed E-state index contributed by atoms with van der Waals surface area (Å²) in [5.74, 6) is -1.72. The molecule has 1 heterocycles. The van der Waals surface area contributed by atoms with Crippen molar-refractivity contribution in [3.8, 4) is 0 Å². The molecule has 7 heteroatoms. The van der Waals surface area contributed by atoms with Crippen LogP contribution < -0.4 is 0 Å². The molecule has 156 valence electrons.